The summed E-state index contributed by atoms with van der Waals surface area (Å²) >= 11 is 0. The molecule has 2 fully saturated rings. The van der Waals surface area contributed by atoms with Crippen LogP contribution in [0.15, 0.2) is 23.5 Å². The van der Waals surface area contributed by atoms with Crippen molar-refractivity contribution in [3.63, 3.8) is 0 Å². The summed E-state index contributed by atoms with van der Waals surface area (Å²) in [6, 6.07) is 0. The van der Waals surface area contributed by atoms with E-state index in [0.29, 0.717) is 12.8 Å². The van der Waals surface area contributed by atoms with E-state index in [4.69, 9.17) is 9.47 Å². The van der Waals surface area contributed by atoms with Gasteiger partial charge < -0.3 is 14.6 Å². The summed E-state index contributed by atoms with van der Waals surface area (Å²) in [6.45, 7) is 13.8. The summed E-state index contributed by atoms with van der Waals surface area (Å²) < 4.78 is 10.9. The number of carbonyl (C=O) groups excluding carboxylic acids is 3. The van der Waals surface area contributed by atoms with Crippen LogP contribution in [0, 0.1) is 5.41 Å². The van der Waals surface area contributed by atoms with Gasteiger partial charge in [-0.05, 0) is 51.4 Å². The largest absolute Gasteiger partial charge is 0.511 e. The SMILES string of the molecule is C=C(C)CC(C)(CC)CCC/C(O)=C1/C(=O)N2[C@@H](CCCC)OC[C@]2(C(=O)OCC)C1=O. The molecule has 180 valence electrons. The average molecular weight is 450 g/mol. The lowest BCUT2D eigenvalue weighted by atomic mass is 9.77. The van der Waals surface area contributed by atoms with Crippen LogP contribution in [-0.4, -0.2) is 52.6 Å². The minimum Gasteiger partial charge on any atom is -0.511 e. The molecule has 0 aliphatic carbocycles. The normalized spacial score (nSPS) is 26.2. The van der Waals surface area contributed by atoms with Gasteiger partial charge in [-0.25, -0.2) is 4.79 Å². The fraction of sp³-hybridized carbons (Fsp3) is 0.720. The van der Waals surface area contributed by atoms with Crippen LogP contribution in [0.3, 0.4) is 0 Å². The molecule has 0 saturated carbocycles. The van der Waals surface area contributed by atoms with E-state index in [1.54, 1.807) is 6.92 Å². The zero-order valence-electron chi connectivity index (χ0n) is 20.3. The predicted octanol–water partition coefficient (Wildman–Crippen LogP) is 4.61. The molecule has 1 amide bonds. The number of aliphatic hydroxyl groups excluding tert-OH is 1. The summed E-state index contributed by atoms with van der Waals surface area (Å²) in [5.74, 6) is -2.39. The number of esters is 1. The molecule has 0 spiro atoms. The molecule has 3 atom stereocenters. The standard InChI is InChI=1S/C25H39NO6/c1-7-10-13-19-26-22(29)20(21(28)25(26,16-32-19)23(30)31-9-3)18(27)12-11-14-24(6,8-2)15-17(4)5/h19,27H,4,7-16H2,1-3,5-6H3/b20-18-/t19-,24?,25-/m1/s1. The van der Waals surface area contributed by atoms with Crippen molar-refractivity contribution in [1.29, 1.82) is 0 Å². The number of unbranched alkanes of at least 4 members (excludes halogenated alkanes) is 1. The smallest absolute Gasteiger partial charge is 0.342 e. The molecular formula is C25H39NO6. The molecule has 32 heavy (non-hydrogen) atoms. The highest BCUT2D eigenvalue weighted by Gasteiger charge is 2.68. The van der Waals surface area contributed by atoms with Crippen molar-refractivity contribution in [2.24, 2.45) is 5.41 Å². The summed E-state index contributed by atoms with van der Waals surface area (Å²) in [5, 5.41) is 10.8. The number of hydrogen-bond donors (Lipinski definition) is 1. The van der Waals surface area contributed by atoms with Crippen molar-refractivity contribution in [2.45, 2.75) is 97.8 Å². The molecule has 2 heterocycles. The van der Waals surface area contributed by atoms with Crippen LogP contribution in [0.2, 0.25) is 0 Å². The van der Waals surface area contributed by atoms with Crippen LogP contribution < -0.4 is 0 Å². The highest BCUT2D eigenvalue weighted by Crippen LogP contribution is 2.42. The van der Waals surface area contributed by atoms with Crippen molar-refractivity contribution in [2.75, 3.05) is 13.2 Å². The second kappa shape index (κ2) is 10.6. The van der Waals surface area contributed by atoms with Gasteiger partial charge in [0.05, 0.1) is 13.2 Å². The first-order valence-corrected chi connectivity index (χ1v) is 11.8. The first-order chi connectivity index (χ1) is 15.1. The zero-order valence-corrected chi connectivity index (χ0v) is 20.3. The maximum atomic E-state index is 13.4. The van der Waals surface area contributed by atoms with Crippen molar-refractivity contribution < 1.29 is 29.0 Å². The van der Waals surface area contributed by atoms with E-state index in [2.05, 4.69) is 20.4 Å². The fourth-order valence-electron chi connectivity index (χ4n) is 4.78. The number of fused-ring (bicyclic) bond motifs is 1. The van der Waals surface area contributed by atoms with Gasteiger partial charge in [-0.1, -0.05) is 39.2 Å². The topological polar surface area (TPSA) is 93.1 Å². The Morgan fingerprint density at radius 1 is 1.31 bits per heavy atom. The van der Waals surface area contributed by atoms with Crippen molar-refractivity contribution in [3.05, 3.63) is 23.5 Å². The number of rotatable bonds is 12. The maximum Gasteiger partial charge on any atom is 0.342 e. The Morgan fingerprint density at radius 3 is 2.56 bits per heavy atom. The van der Waals surface area contributed by atoms with Crippen LogP contribution in [0.4, 0.5) is 0 Å². The van der Waals surface area contributed by atoms with E-state index in [0.717, 1.165) is 37.7 Å². The van der Waals surface area contributed by atoms with Crippen molar-refractivity contribution in [3.8, 4) is 0 Å². The second-order valence-corrected chi connectivity index (χ2v) is 9.47. The second-order valence-electron chi connectivity index (χ2n) is 9.47. The van der Waals surface area contributed by atoms with Crippen molar-refractivity contribution in [1.82, 2.24) is 4.90 Å². The molecular weight excluding hydrogens is 410 g/mol. The highest BCUT2D eigenvalue weighted by atomic mass is 16.6. The van der Waals surface area contributed by atoms with E-state index >= 15 is 0 Å². The van der Waals surface area contributed by atoms with E-state index in [1.807, 2.05) is 13.8 Å². The Morgan fingerprint density at radius 2 is 2.00 bits per heavy atom. The number of amides is 1. The summed E-state index contributed by atoms with van der Waals surface area (Å²) in [4.78, 5) is 40.7. The molecule has 0 bridgehead atoms. The monoisotopic (exact) mass is 449 g/mol. The van der Waals surface area contributed by atoms with Gasteiger partial charge in [-0.2, -0.15) is 0 Å². The van der Waals surface area contributed by atoms with E-state index in [9.17, 15) is 19.5 Å². The lowest BCUT2D eigenvalue weighted by Gasteiger charge is -2.28. The van der Waals surface area contributed by atoms with Gasteiger partial charge in [-0.3, -0.25) is 14.5 Å². The number of Topliss-reactive ketones (excluding diaryl/α,β-unsaturated/α-hetero) is 1. The van der Waals surface area contributed by atoms with Gasteiger partial charge in [0.25, 0.3) is 5.91 Å². The van der Waals surface area contributed by atoms with Gasteiger partial charge in [-0.15, -0.1) is 6.58 Å². The van der Waals surface area contributed by atoms with Gasteiger partial charge in [0.15, 0.2) is 0 Å². The first-order valence-electron chi connectivity index (χ1n) is 11.8. The quantitative estimate of drug-likeness (QED) is 0.117. The lowest BCUT2D eigenvalue weighted by Crippen LogP contribution is -2.56. The first kappa shape index (κ1) is 26.1. The Balaban J connectivity index is 2.29. The molecule has 0 aromatic carbocycles. The Hall–Kier alpha value is -2.15. The Labute approximate surface area is 191 Å². The van der Waals surface area contributed by atoms with Gasteiger partial charge in [0, 0.05) is 6.42 Å². The van der Waals surface area contributed by atoms with E-state index < -0.39 is 29.4 Å². The summed E-state index contributed by atoms with van der Waals surface area (Å²) in [5.41, 5.74) is -0.965. The third-order valence-corrected chi connectivity index (χ3v) is 6.70. The minimum absolute atomic E-state index is 0.0473. The van der Waals surface area contributed by atoms with Crippen LogP contribution in [-0.2, 0) is 23.9 Å². The molecule has 2 saturated heterocycles. The minimum atomic E-state index is -1.83. The molecule has 2 rings (SSSR count). The van der Waals surface area contributed by atoms with Crippen LogP contribution in [0.25, 0.3) is 0 Å². The van der Waals surface area contributed by atoms with Gasteiger partial charge in [0.1, 0.15) is 17.6 Å². The lowest BCUT2D eigenvalue weighted by molar-refractivity contribution is -0.160. The summed E-state index contributed by atoms with van der Waals surface area (Å²) in [6.07, 6.45) is 4.99. The van der Waals surface area contributed by atoms with Crippen LogP contribution >= 0.6 is 0 Å². The maximum absolute atomic E-state index is 13.4. The van der Waals surface area contributed by atoms with Crippen LogP contribution in [0.1, 0.15) is 86.0 Å². The molecule has 7 nitrogen and oxygen atoms in total. The fourth-order valence-corrected chi connectivity index (χ4v) is 4.78. The number of carbonyl (C=O) groups is 3. The summed E-state index contributed by atoms with van der Waals surface area (Å²) in [7, 11) is 0. The highest BCUT2D eigenvalue weighted by molar-refractivity contribution is 6.35. The number of hydrogen-bond acceptors (Lipinski definition) is 6. The molecule has 0 aromatic rings. The van der Waals surface area contributed by atoms with Crippen molar-refractivity contribution >= 4 is 17.7 Å². The Bertz CT molecular complexity index is 787. The molecule has 1 unspecified atom stereocenters. The average Bonchev–Trinajstić information content (AvgIpc) is 3.21. The molecule has 1 N–H and O–H groups in total. The number of allylic oxidation sites excluding steroid dienone is 2. The number of aliphatic hydroxyl groups is 1. The predicted molar refractivity (Wildman–Crippen MR) is 122 cm³/mol. The van der Waals surface area contributed by atoms with E-state index in [1.165, 1.54) is 4.90 Å². The number of ketones is 1. The molecule has 0 radical (unpaired) electrons. The molecule has 0 aromatic heterocycles. The van der Waals surface area contributed by atoms with Gasteiger partial charge >= 0.3 is 5.97 Å². The van der Waals surface area contributed by atoms with E-state index in [-0.39, 0.29) is 36.4 Å². The number of nitrogens with zero attached hydrogens (tertiary/aromatic N) is 1. The number of ether oxygens (including phenoxy) is 2. The van der Waals surface area contributed by atoms with Crippen LogP contribution in [0.5, 0.6) is 0 Å². The molecule has 2 aliphatic rings. The van der Waals surface area contributed by atoms with Gasteiger partial charge in [0.2, 0.25) is 11.3 Å². The third-order valence-electron chi connectivity index (χ3n) is 6.70. The third kappa shape index (κ3) is 4.92. The zero-order chi connectivity index (χ0) is 24.1. The molecule has 7 heteroatoms. The Kier molecular flexibility index (Phi) is 8.68. The molecule has 2 aliphatic heterocycles.